The van der Waals surface area contributed by atoms with Crippen molar-refractivity contribution in [2.75, 3.05) is 32.8 Å². The minimum absolute atomic E-state index is 0.201. The molecule has 1 aliphatic heterocycles. The van der Waals surface area contributed by atoms with Crippen molar-refractivity contribution in [2.24, 2.45) is 0 Å². The molecular formula is C15H21NO2. The topological polar surface area (TPSA) is 29.5 Å². The third-order valence-corrected chi connectivity index (χ3v) is 3.37. The monoisotopic (exact) mass is 247 g/mol. The standard InChI is InChI=1S/C15H21NO2/c1-12(2)13-3-5-14(6-4-13)15(17)11-16-7-9-18-10-8-16/h3-6,12H,7-11H2,1-2H3. The first-order valence-corrected chi connectivity index (χ1v) is 6.60. The summed E-state index contributed by atoms with van der Waals surface area (Å²) in [5, 5.41) is 0. The summed E-state index contributed by atoms with van der Waals surface area (Å²) in [7, 11) is 0. The third kappa shape index (κ3) is 3.40. The number of Topliss-reactive ketones (excluding diaryl/α,β-unsaturated/α-hetero) is 1. The number of morpholine rings is 1. The molecule has 0 saturated carbocycles. The molecule has 0 amide bonds. The van der Waals surface area contributed by atoms with Gasteiger partial charge in [-0.1, -0.05) is 38.1 Å². The Bertz CT molecular complexity index is 391. The lowest BCUT2D eigenvalue weighted by atomic mass is 10.0. The summed E-state index contributed by atoms with van der Waals surface area (Å²) < 4.78 is 5.28. The van der Waals surface area contributed by atoms with Gasteiger partial charge < -0.3 is 4.74 Å². The lowest BCUT2D eigenvalue weighted by molar-refractivity contribution is 0.0371. The largest absolute Gasteiger partial charge is 0.379 e. The molecule has 3 nitrogen and oxygen atoms in total. The predicted molar refractivity (Wildman–Crippen MR) is 72.1 cm³/mol. The highest BCUT2D eigenvalue weighted by Gasteiger charge is 2.15. The van der Waals surface area contributed by atoms with Gasteiger partial charge in [0.2, 0.25) is 0 Å². The first-order valence-electron chi connectivity index (χ1n) is 6.60. The highest BCUT2D eigenvalue weighted by Crippen LogP contribution is 2.15. The molecule has 0 atom stereocenters. The van der Waals surface area contributed by atoms with Gasteiger partial charge in [-0.2, -0.15) is 0 Å². The molecule has 0 N–H and O–H groups in total. The van der Waals surface area contributed by atoms with Crippen LogP contribution in [0, 0.1) is 0 Å². The van der Waals surface area contributed by atoms with Crippen molar-refractivity contribution in [1.82, 2.24) is 4.90 Å². The van der Waals surface area contributed by atoms with Crippen molar-refractivity contribution in [3.05, 3.63) is 35.4 Å². The van der Waals surface area contributed by atoms with Crippen molar-refractivity contribution < 1.29 is 9.53 Å². The number of hydrogen-bond acceptors (Lipinski definition) is 3. The highest BCUT2D eigenvalue weighted by molar-refractivity contribution is 5.97. The minimum atomic E-state index is 0.201. The maximum absolute atomic E-state index is 12.1. The number of ether oxygens (including phenoxy) is 1. The van der Waals surface area contributed by atoms with Crippen LogP contribution in [0.3, 0.4) is 0 Å². The molecule has 0 radical (unpaired) electrons. The molecule has 1 aliphatic rings. The van der Waals surface area contributed by atoms with E-state index in [4.69, 9.17) is 4.74 Å². The Kier molecular flexibility index (Phi) is 4.50. The van der Waals surface area contributed by atoms with Crippen LogP contribution >= 0.6 is 0 Å². The molecule has 0 spiro atoms. The van der Waals surface area contributed by atoms with Crippen molar-refractivity contribution >= 4 is 5.78 Å². The molecule has 1 aromatic carbocycles. The first-order chi connectivity index (χ1) is 8.66. The van der Waals surface area contributed by atoms with Crippen molar-refractivity contribution in [1.29, 1.82) is 0 Å². The number of hydrogen-bond donors (Lipinski definition) is 0. The molecular weight excluding hydrogens is 226 g/mol. The average molecular weight is 247 g/mol. The Morgan fingerprint density at radius 3 is 2.39 bits per heavy atom. The molecule has 0 aromatic heterocycles. The summed E-state index contributed by atoms with van der Waals surface area (Å²) in [6.45, 7) is 8.00. The number of ketones is 1. The van der Waals surface area contributed by atoms with Crippen LogP contribution < -0.4 is 0 Å². The zero-order chi connectivity index (χ0) is 13.0. The van der Waals surface area contributed by atoms with E-state index in [0.717, 1.165) is 31.9 Å². The molecule has 2 rings (SSSR count). The van der Waals surface area contributed by atoms with Crippen LogP contribution in [0.1, 0.15) is 35.7 Å². The molecule has 18 heavy (non-hydrogen) atoms. The molecule has 1 aromatic rings. The van der Waals surface area contributed by atoms with Crippen LogP contribution in [-0.2, 0) is 4.74 Å². The third-order valence-electron chi connectivity index (χ3n) is 3.37. The quantitative estimate of drug-likeness (QED) is 0.765. The maximum atomic E-state index is 12.1. The Labute approximate surface area is 109 Å². The number of carbonyl (C=O) groups excluding carboxylic acids is 1. The van der Waals surface area contributed by atoms with E-state index in [0.29, 0.717) is 12.5 Å². The molecule has 1 saturated heterocycles. The zero-order valence-electron chi connectivity index (χ0n) is 11.2. The lowest BCUT2D eigenvalue weighted by Crippen LogP contribution is -2.39. The molecule has 1 fully saturated rings. The second kappa shape index (κ2) is 6.12. The Morgan fingerprint density at radius 1 is 1.22 bits per heavy atom. The van der Waals surface area contributed by atoms with Crippen LogP contribution in [-0.4, -0.2) is 43.5 Å². The fourth-order valence-electron chi connectivity index (χ4n) is 2.11. The van der Waals surface area contributed by atoms with Gasteiger partial charge >= 0.3 is 0 Å². The summed E-state index contributed by atoms with van der Waals surface area (Å²) in [4.78, 5) is 14.3. The van der Waals surface area contributed by atoms with Gasteiger partial charge in [-0.15, -0.1) is 0 Å². The minimum Gasteiger partial charge on any atom is -0.379 e. The van der Waals surface area contributed by atoms with E-state index in [-0.39, 0.29) is 5.78 Å². The van der Waals surface area contributed by atoms with Crippen LogP contribution in [0.2, 0.25) is 0 Å². The van der Waals surface area contributed by atoms with Crippen molar-refractivity contribution in [3.8, 4) is 0 Å². The summed E-state index contributed by atoms with van der Waals surface area (Å²) >= 11 is 0. The van der Waals surface area contributed by atoms with E-state index in [1.54, 1.807) is 0 Å². The number of carbonyl (C=O) groups is 1. The maximum Gasteiger partial charge on any atom is 0.176 e. The van der Waals surface area contributed by atoms with E-state index in [1.165, 1.54) is 5.56 Å². The SMILES string of the molecule is CC(C)c1ccc(C(=O)CN2CCOCC2)cc1. The van der Waals surface area contributed by atoms with Gasteiger partial charge in [0.05, 0.1) is 19.8 Å². The summed E-state index contributed by atoms with van der Waals surface area (Å²) in [5.74, 6) is 0.709. The van der Waals surface area contributed by atoms with Gasteiger partial charge in [0.15, 0.2) is 5.78 Å². The van der Waals surface area contributed by atoms with Crippen LogP contribution in [0.15, 0.2) is 24.3 Å². The van der Waals surface area contributed by atoms with Crippen LogP contribution in [0.25, 0.3) is 0 Å². The summed E-state index contributed by atoms with van der Waals surface area (Å²) in [6.07, 6.45) is 0. The number of nitrogens with zero attached hydrogens (tertiary/aromatic N) is 1. The van der Waals surface area contributed by atoms with Crippen molar-refractivity contribution in [3.63, 3.8) is 0 Å². The molecule has 0 aliphatic carbocycles. The fraction of sp³-hybridized carbons (Fsp3) is 0.533. The van der Waals surface area contributed by atoms with Crippen LogP contribution in [0.5, 0.6) is 0 Å². The summed E-state index contributed by atoms with van der Waals surface area (Å²) in [5.41, 5.74) is 2.09. The van der Waals surface area contributed by atoms with E-state index in [2.05, 4.69) is 30.9 Å². The molecule has 1 heterocycles. The molecule has 0 bridgehead atoms. The average Bonchev–Trinajstić information content (AvgIpc) is 2.40. The Hall–Kier alpha value is -1.19. The van der Waals surface area contributed by atoms with Crippen LogP contribution in [0.4, 0.5) is 0 Å². The summed E-state index contributed by atoms with van der Waals surface area (Å²) in [6, 6.07) is 7.99. The first kappa shape index (κ1) is 13.2. The second-order valence-corrected chi connectivity index (χ2v) is 5.09. The fourth-order valence-corrected chi connectivity index (χ4v) is 2.11. The van der Waals surface area contributed by atoms with Gasteiger partial charge in [-0.25, -0.2) is 0 Å². The predicted octanol–water partition coefficient (Wildman–Crippen LogP) is 2.32. The molecule has 98 valence electrons. The zero-order valence-corrected chi connectivity index (χ0v) is 11.2. The van der Waals surface area contributed by atoms with Gasteiger partial charge in [0.25, 0.3) is 0 Å². The highest BCUT2D eigenvalue weighted by atomic mass is 16.5. The normalized spacial score (nSPS) is 17.1. The van der Waals surface area contributed by atoms with Gasteiger partial charge in [0, 0.05) is 18.7 Å². The van der Waals surface area contributed by atoms with E-state index < -0.39 is 0 Å². The lowest BCUT2D eigenvalue weighted by Gasteiger charge is -2.25. The Morgan fingerprint density at radius 2 is 1.83 bits per heavy atom. The molecule has 0 unspecified atom stereocenters. The van der Waals surface area contributed by atoms with Crippen molar-refractivity contribution in [2.45, 2.75) is 19.8 Å². The van der Waals surface area contributed by atoms with Gasteiger partial charge in [-0.05, 0) is 11.5 Å². The smallest absolute Gasteiger partial charge is 0.176 e. The van der Waals surface area contributed by atoms with E-state index in [9.17, 15) is 4.79 Å². The number of rotatable bonds is 4. The second-order valence-electron chi connectivity index (χ2n) is 5.09. The molecule has 3 heteroatoms. The van der Waals surface area contributed by atoms with E-state index >= 15 is 0 Å². The van der Waals surface area contributed by atoms with Gasteiger partial charge in [0.1, 0.15) is 0 Å². The van der Waals surface area contributed by atoms with Gasteiger partial charge in [-0.3, -0.25) is 9.69 Å². The Balaban J connectivity index is 1.95. The van der Waals surface area contributed by atoms with E-state index in [1.807, 2.05) is 12.1 Å². The number of benzene rings is 1.